The zero-order chi connectivity index (χ0) is 43.8. The summed E-state index contributed by atoms with van der Waals surface area (Å²) in [6, 6.07) is 97.0. The summed E-state index contributed by atoms with van der Waals surface area (Å²) in [4.78, 5) is 2.43. The highest BCUT2D eigenvalue weighted by Crippen LogP contribution is 2.46. The molecule has 0 spiro atoms. The average Bonchev–Trinajstić information content (AvgIpc) is 3.74. The molecule has 0 radical (unpaired) electrons. The van der Waals surface area contributed by atoms with E-state index in [2.05, 4.69) is 276 Å². The van der Waals surface area contributed by atoms with Crippen LogP contribution in [0.15, 0.2) is 267 Å². The molecule has 12 rings (SSSR count). The topological polar surface area (TPSA) is 8.17 Å². The van der Waals surface area contributed by atoms with Crippen molar-refractivity contribution in [2.24, 2.45) is 0 Å². The first kappa shape index (κ1) is 38.9. The largest absolute Gasteiger partial charge is 0.310 e. The summed E-state index contributed by atoms with van der Waals surface area (Å²) in [5.41, 5.74) is 18.5. The van der Waals surface area contributed by atoms with Crippen molar-refractivity contribution in [3.63, 3.8) is 0 Å². The summed E-state index contributed by atoms with van der Waals surface area (Å²) in [5, 5.41) is 4.99. The Morgan fingerprint density at radius 3 is 1.47 bits per heavy atom. The molecule has 2 heteroatoms. The SMILES string of the molecule is c1ccc(-c2ccc(N(c3ccc(-c4ccccc4-n4c5ccccc5c5ccccc54)c(-c4ccccc4)c3)c3ccccc3-c3ccc(-c4ccc5ccccc5c4)cc3)cc2)cc1. The van der Waals surface area contributed by atoms with Crippen molar-refractivity contribution in [2.45, 2.75) is 0 Å². The second kappa shape index (κ2) is 16.8. The number of hydrogen-bond donors (Lipinski definition) is 0. The van der Waals surface area contributed by atoms with Crippen LogP contribution >= 0.6 is 0 Å². The minimum atomic E-state index is 1.07. The molecule has 0 aliphatic heterocycles. The second-order valence-corrected chi connectivity index (χ2v) is 16.9. The number of nitrogens with zero attached hydrogens (tertiary/aromatic N) is 2. The predicted molar refractivity (Wildman–Crippen MR) is 280 cm³/mol. The lowest BCUT2D eigenvalue weighted by Gasteiger charge is -2.29. The fourth-order valence-electron chi connectivity index (χ4n) is 9.83. The van der Waals surface area contributed by atoms with Crippen molar-refractivity contribution in [2.75, 3.05) is 4.90 Å². The summed E-state index contributed by atoms with van der Waals surface area (Å²) in [7, 11) is 0. The van der Waals surface area contributed by atoms with Crippen molar-refractivity contribution in [1.82, 2.24) is 4.57 Å². The van der Waals surface area contributed by atoms with Gasteiger partial charge in [0.05, 0.1) is 22.4 Å². The van der Waals surface area contributed by atoms with Crippen LogP contribution in [0.1, 0.15) is 0 Å². The van der Waals surface area contributed by atoms with Gasteiger partial charge in [0.1, 0.15) is 0 Å². The summed E-state index contributed by atoms with van der Waals surface area (Å²) in [6.45, 7) is 0. The van der Waals surface area contributed by atoms with E-state index < -0.39 is 0 Å². The Morgan fingerprint density at radius 2 is 0.742 bits per heavy atom. The van der Waals surface area contributed by atoms with Gasteiger partial charge >= 0.3 is 0 Å². The van der Waals surface area contributed by atoms with Crippen LogP contribution in [-0.4, -0.2) is 4.57 Å². The Balaban J connectivity index is 1.03. The number of anilines is 3. The van der Waals surface area contributed by atoms with E-state index in [0.717, 1.165) is 45.0 Å². The van der Waals surface area contributed by atoms with E-state index in [4.69, 9.17) is 0 Å². The number of para-hydroxylation sites is 4. The summed E-state index contributed by atoms with van der Waals surface area (Å²) in [6.07, 6.45) is 0. The molecule has 1 aromatic heterocycles. The lowest BCUT2D eigenvalue weighted by molar-refractivity contribution is 1.18. The lowest BCUT2D eigenvalue weighted by atomic mass is 9.92. The molecule has 1 heterocycles. The Bertz CT molecular complexity index is 3630. The highest BCUT2D eigenvalue weighted by molar-refractivity contribution is 6.10. The zero-order valence-corrected chi connectivity index (χ0v) is 36.3. The van der Waals surface area contributed by atoms with Gasteiger partial charge in [0, 0.05) is 33.3 Å². The fraction of sp³-hybridized carbons (Fsp3) is 0. The molecule has 66 heavy (non-hydrogen) atoms. The van der Waals surface area contributed by atoms with Crippen LogP contribution in [0, 0.1) is 0 Å². The van der Waals surface area contributed by atoms with E-state index >= 15 is 0 Å². The number of hydrogen-bond acceptors (Lipinski definition) is 1. The third-order valence-electron chi connectivity index (χ3n) is 13.0. The lowest BCUT2D eigenvalue weighted by Crippen LogP contribution is -2.11. The molecule has 0 aliphatic carbocycles. The van der Waals surface area contributed by atoms with E-state index in [1.165, 1.54) is 66.0 Å². The van der Waals surface area contributed by atoms with Crippen LogP contribution < -0.4 is 4.90 Å². The molecule has 0 fully saturated rings. The van der Waals surface area contributed by atoms with E-state index in [0.29, 0.717) is 0 Å². The minimum Gasteiger partial charge on any atom is -0.310 e. The molecule has 11 aromatic carbocycles. The molecule has 0 aliphatic rings. The molecule has 0 saturated heterocycles. The Kier molecular flexibility index (Phi) is 9.89. The molecule has 0 saturated carbocycles. The standard InChI is InChI=1S/C64H44N2/c1-3-17-45(18-4-1)47-37-39-53(40-38-47)65(61-27-13-9-23-55(61)50-34-31-48(32-35-50)52-36-33-46-19-7-8-22-51(46)43-52)54-41-42-56(60(44-54)49-20-5-2-6-21-49)57-24-10-14-28-62(57)66-63-29-15-11-25-58(63)59-26-12-16-30-64(59)66/h1-44H. The molecule has 2 nitrogen and oxygen atoms in total. The monoisotopic (exact) mass is 840 g/mol. The molecule has 0 bridgehead atoms. The highest BCUT2D eigenvalue weighted by Gasteiger charge is 2.22. The van der Waals surface area contributed by atoms with E-state index in [1.54, 1.807) is 0 Å². The van der Waals surface area contributed by atoms with Gasteiger partial charge in [-0.2, -0.15) is 0 Å². The Labute approximate surface area is 385 Å². The predicted octanol–water partition coefficient (Wildman–Crippen LogP) is 17.7. The van der Waals surface area contributed by atoms with Gasteiger partial charge < -0.3 is 9.47 Å². The highest BCUT2D eigenvalue weighted by atomic mass is 15.1. The van der Waals surface area contributed by atoms with Crippen molar-refractivity contribution in [1.29, 1.82) is 0 Å². The first-order valence-corrected chi connectivity index (χ1v) is 22.7. The first-order valence-electron chi connectivity index (χ1n) is 22.7. The van der Waals surface area contributed by atoms with Crippen molar-refractivity contribution in [3.8, 4) is 61.3 Å². The summed E-state index contributed by atoms with van der Waals surface area (Å²) >= 11 is 0. The van der Waals surface area contributed by atoms with Gasteiger partial charge in [-0.05, 0) is 110 Å². The maximum atomic E-state index is 2.44. The quantitative estimate of drug-likeness (QED) is 0.141. The molecule has 0 atom stereocenters. The molecule has 0 unspecified atom stereocenters. The third kappa shape index (κ3) is 7.02. The average molecular weight is 841 g/mol. The van der Waals surface area contributed by atoms with Gasteiger partial charge in [-0.15, -0.1) is 0 Å². The van der Waals surface area contributed by atoms with Crippen LogP contribution in [0.5, 0.6) is 0 Å². The number of benzene rings is 11. The molecular weight excluding hydrogens is 797 g/mol. The van der Waals surface area contributed by atoms with Crippen molar-refractivity contribution >= 4 is 49.6 Å². The third-order valence-corrected chi connectivity index (χ3v) is 13.0. The number of rotatable bonds is 9. The van der Waals surface area contributed by atoms with Gasteiger partial charge in [0.25, 0.3) is 0 Å². The van der Waals surface area contributed by atoms with Crippen LogP contribution in [-0.2, 0) is 0 Å². The van der Waals surface area contributed by atoms with Crippen LogP contribution in [0.4, 0.5) is 17.1 Å². The number of fused-ring (bicyclic) bond motifs is 4. The maximum Gasteiger partial charge on any atom is 0.0541 e. The van der Waals surface area contributed by atoms with Crippen LogP contribution in [0.25, 0.3) is 93.9 Å². The normalized spacial score (nSPS) is 11.3. The Morgan fingerprint density at radius 1 is 0.258 bits per heavy atom. The maximum absolute atomic E-state index is 2.44. The van der Waals surface area contributed by atoms with Crippen LogP contribution in [0.2, 0.25) is 0 Å². The summed E-state index contributed by atoms with van der Waals surface area (Å²) in [5.74, 6) is 0. The van der Waals surface area contributed by atoms with E-state index in [-0.39, 0.29) is 0 Å². The molecular formula is C64H44N2. The van der Waals surface area contributed by atoms with Crippen molar-refractivity contribution in [3.05, 3.63) is 267 Å². The Hall–Kier alpha value is -8.72. The summed E-state index contributed by atoms with van der Waals surface area (Å²) < 4.78 is 2.44. The number of aromatic nitrogens is 1. The van der Waals surface area contributed by atoms with Gasteiger partial charge in [-0.3, -0.25) is 0 Å². The van der Waals surface area contributed by atoms with Crippen LogP contribution in [0.3, 0.4) is 0 Å². The van der Waals surface area contributed by atoms with E-state index in [1.807, 2.05) is 0 Å². The fourth-order valence-corrected chi connectivity index (χ4v) is 9.83. The zero-order valence-electron chi connectivity index (χ0n) is 36.3. The van der Waals surface area contributed by atoms with Gasteiger partial charge in [0.15, 0.2) is 0 Å². The van der Waals surface area contributed by atoms with Gasteiger partial charge in [-0.1, -0.05) is 212 Å². The second-order valence-electron chi connectivity index (χ2n) is 16.9. The molecule has 0 amide bonds. The van der Waals surface area contributed by atoms with Gasteiger partial charge in [0.2, 0.25) is 0 Å². The van der Waals surface area contributed by atoms with Gasteiger partial charge in [-0.25, -0.2) is 0 Å². The van der Waals surface area contributed by atoms with Crippen molar-refractivity contribution < 1.29 is 0 Å². The minimum absolute atomic E-state index is 1.07. The molecule has 12 aromatic rings. The van der Waals surface area contributed by atoms with E-state index in [9.17, 15) is 0 Å². The first-order chi connectivity index (χ1) is 32.7. The molecule has 310 valence electrons. The molecule has 0 N–H and O–H groups in total. The smallest absolute Gasteiger partial charge is 0.0541 e.